The highest BCUT2D eigenvalue weighted by Crippen LogP contribution is 2.45. The first-order valence-corrected chi connectivity index (χ1v) is 13.2. The van der Waals surface area contributed by atoms with E-state index in [4.69, 9.17) is 21.1 Å². The molecule has 0 radical (unpaired) electrons. The van der Waals surface area contributed by atoms with Crippen molar-refractivity contribution in [2.24, 2.45) is 0 Å². The molecule has 1 aromatic carbocycles. The maximum Gasteiger partial charge on any atom is 0.573 e. The lowest BCUT2D eigenvalue weighted by Gasteiger charge is -2.15. The highest BCUT2D eigenvalue weighted by Gasteiger charge is 2.34. The number of aromatic nitrogens is 4. The van der Waals surface area contributed by atoms with E-state index >= 15 is 0 Å². The van der Waals surface area contributed by atoms with Crippen LogP contribution >= 0.6 is 11.6 Å². The number of rotatable bonds is 7. The zero-order valence-electron chi connectivity index (χ0n) is 21.8. The summed E-state index contributed by atoms with van der Waals surface area (Å²) in [6.45, 7) is 3.71. The Morgan fingerprint density at radius 2 is 1.95 bits per heavy atom. The fourth-order valence-corrected chi connectivity index (χ4v) is 5.31. The highest BCUT2D eigenvalue weighted by molar-refractivity contribution is 6.34. The Bertz CT molecular complexity index is 1810. The van der Waals surface area contributed by atoms with E-state index in [1.165, 1.54) is 0 Å². The second kappa shape index (κ2) is 9.91. The van der Waals surface area contributed by atoms with Crippen LogP contribution in [0, 0.1) is 6.92 Å². The Balaban J connectivity index is 1.62. The van der Waals surface area contributed by atoms with E-state index in [0.717, 1.165) is 36.2 Å². The molecule has 0 atom stereocenters. The Kier molecular flexibility index (Phi) is 6.49. The Labute approximate surface area is 236 Å². The summed E-state index contributed by atoms with van der Waals surface area (Å²) >= 11 is 6.49. The number of hydrogen-bond acceptors (Lipinski definition) is 6. The minimum Gasteiger partial charge on any atom is -0.478 e. The van der Waals surface area contributed by atoms with Gasteiger partial charge in [0.2, 0.25) is 0 Å². The molecule has 41 heavy (non-hydrogen) atoms. The summed E-state index contributed by atoms with van der Waals surface area (Å²) in [6.07, 6.45) is 2.57. The van der Waals surface area contributed by atoms with Gasteiger partial charge in [0.1, 0.15) is 17.2 Å². The van der Waals surface area contributed by atoms with Gasteiger partial charge in [-0.05, 0) is 50.1 Å². The normalized spacial score (nSPS) is 13.6. The number of alkyl halides is 3. The molecule has 0 bridgehead atoms. The molecule has 4 aromatic heterocycles. The molecule has 1 saturated carbocycles. The predicted octanol–water partition coefficient (Wildman–Crippen LogP) is 7.74. The topological polar surface area (TPSA) is 103 Å². The summed E-state index contributed by atoms with van der Waals surface area (Å²) in [7, 11) is 0. The number of benzene rings is 1. The lowest BCUT2D eigenvalue weighted by molar-refractivity contribution is -0.274. The third kappa shape index (κ3) is 5.01. The summed E-state index contributed by atoms with van der Waals surface area (Å²) in [5.74, 6) is -1.12. The van der Waals surface area contributed by atoms with Crippen LogP contribution < -0.4 is 4.74 Å². The van der Waals surface area contributed by atoms with E-state index in [1.54, 1.807) is 36.1 Å². The molecule has 0 amide bonds. The SMILES string of the molecule is CCc1onc(C)c1-c1cnc2c(c1)c(-c1c(Cl)cc(C(=O)O)cc1OC(F)(F)F)cn2-c1ccc(C2CC2)nc1. The van der Waals surface area contributed by atoms with Gasteiger partial charge in [-0.25, -0.2) is 9.78 Å². The molecule has 8 nitrogen and oxygen atoms in total. The number of pyridine rings is 2. The molecule has 0 unspecified atom stereocenters. The number of carboxylic acid groups (broad SMARTS) is 1. The number of carbonyl (C=O) groups is 1. The van der Waals surface area contributed by atoms with Crippen LogP contribution in [-0.2, 0) is 6.42 Å². The van der Waals surface area contributed by atoms with Crippen molar-refractivity contribution in [3.63, 3.8) is 0 Å². The number of carboxylic acids is 1. The third-order valence-electron chi connectivity index (χ3n) is 7.03. The lowest BCUT2D eigenvalue weighted by atomic mass is 9.99. The lowest BCUT2D eigenvalue weighted by Crippen LogP contribution is -2.18. The molecule has 12 heteroatoms. The Morgan fingerprint density at radius 1 is 1.17 bits per heavy atom. The summed E-state index contributed by atoms with van der Waals surface area (Å²) in [5, 5.41) is 13.8. The predicted molar refractivity (Wildman–Crippen MR) is 145 cm³/mol. The average molecular weight is 583 g/mol. The first kappa shape index (κ1) is 26.8. The van der Waals surface area contributed by atoms with Gasteiger partial charge in [-0.3, -0.25) is 9.55 Å². The monoisotopic (exact) mass is 582 g/mol. The molecular weight excluding hydrogens is 561 g/mol. The van der Waals surface area contributed by atoms with Crippen LogP contribution in [0.25, 0.3) is 39.0 Å². The molecule has 1 aliphatic rings. The largest absolute Gasteiger partial charge is 0.573 e. The molecule has 1 N–H and O–H groups in total. The quantitative estimate of drug-likeness (QED) is 0.209. The number of halogens is 4. The molecular formula is C29H22ClF3N4O4. The van der Waals surface area contributed by atoms with Crippen LogP contribution in [0.3, 0.4) is 0 Å². The molecule has 1 fully saturated rings. The van der Waals surface area contributed by atoms with Crippen LogP contribution in [0.4, 0.5) is 13.2 Å². The van der Waals surface area contributed by atoms with Crippen molar-refractivity contribution >= 4 is 28.6 Å². The smallest absolute Gasteiger partial charge is 0.478 e. The number of fused-ring (bicyclic) bond motifs is 1. The Hall–Kier alpha value is -4.38. The van der Waals surface area contributed by atoms with Gasteiger partial charge in [0.25, 0.3) is 0 Å². The van der Waals surface area contributed by atoms with E-state index in [9.17, 15) is 23.1 Å². The van der Waals surface area contributed by atoms with Gasteiger partial charge in [0.15, 0.2) is 0 Å². The van der Waals surface area contributed by atoms with Gasteiger partial charge in [-0.2, -0.15) is 0 Å². The fraction of sp³-hybridized carbons (Fsp3) is 0.241. The van der Waals surface area contributed by atoms with Gasteiger partial charge in [0.05, 0.1) is 28.2 Å². The number of nitrogens with zero attached hydrogens (tertiary/aromatic N) is 4. The van der Waals surface area contributed by atoms with Crippen LogP contribution in [-0.4, -0.2) is 37.1 Å². The molecule has 210 valence electrons. The molecule has 6 rings (SSSR count). The van der Waals surface area contributed by atoms with Gasteiger partial charge >= 0.3 is 12.3 Å². The first-order chi connectivity index (χ1) is 19.5. The van der Waals surface area contributed by atoms with Crippen molar-refractivity contribution in [3.05, 3.63) is 76.7 Å². The maximum atomic E-state index is 13.5. The van der Waals surface area contributed by atoms with Crippen molar-refractivity contribution in [2.45, 2.75) is 45.4 Å². The minimum atomic E-state index is -5.10. The van der Waals surface area contributed by atoms with Crippen LogP contribution in [0.5, 0.6) is 5.75 Å². The number of aromatic carboxylic acids is 1. The standard InChI is InChI=1S/C29H22ClF3N4O4/c1-3-23-25(14(2)36-41-23)17-8-19-20(26-21(30)9-16(28(38)39)10-24(26)40-29(31,32)33)13-37(27(19)35-11-17)18-6-7-22(34-12-18)15-4-5-15/h6-13,15H,3-5H2,1-2H3,(H,38,39). The van der Waals surface area contributed by atoms with E-state index in [0.29, 0.717) is 46.1 Å². The molecule has 0 saturated heterocycles. The molecule has 4 heterocycles. The second-order valence-corrected chi connectivity index (χ2v) is 10.2. The summed E-state index contributed by atoms with van der Waals surface area (Å²) in [4.78, 5) is 20.9. The highest BCUT2D eigenvalue weighted by atomic mass is 35.5. The molecule has 0 aliphatic heterocycles. The second-order valence-electron chi connectivity index (χ2n) is 9.83. The first-order valence-electron chi connectivity index (χ1n) is 12.8. The van der Waals surface area contributed by atoms with Gasteiger partial charge in [0, 0.05) is 58.1 Å². The number of hydrogen-bond donors (Lipinski definition) is 1. The molecule has 1 aliphatic carbocycles. The van der Waals surface area contributed by atoms with Gasteiger partial charge < -0.3 is 14.4 Å². The average Bonchev–Trinajstić information content (AvgIpc) is 3.61. The zero-order valence-corrected chi connectivity index (χ0v) is 22.5. The van der Waals surface area contributed by atoms with Crippen molar-refractivity contribution < 1.29 is 32.3 Å². The van der Waals surface area contributed by atoms with E-state index in [1.807, 2.05) is 19.1 Å². The number of aryl methyl sites for hydroxylation is 2. The molecule has 5 aromatic rings. The zero-order chi connectivity index (χ0) is 29.1. The fourth-order valence-electron chi connectivity index (χ4n) is 5.00. The number of ether oxygens (including phenoxy) is 1. The van der Waals surface area contributed by atoms with Crippen LogP contribution in [0.15, 0.2) is 53.4 Å². The van der Waals surface area contributed by atoms with Crippen LogP contribution in [0.2, 0.25) is 5.02 Å². The van der Waals surface area contributed by atoms with Gasteiger partial charge in [-0.1, -0.05) is 23.7 Å². The molecule has 0 spiro atoms. The maximum absolute atomic E-state index is 13.5. The summed E-state index contributed by atoms with van der Waals surface area (Å²) in [6, 6.07) is 7.48. The Morgan fingerprint density at radius 3 is 2.59 bits per heavy atom. The van der Waals surface area contributed by atoms with E-state index < -0.39 is 23.6 Å². The van der Waals surface area contributed by atoms with Crippen molar-refractivity contribution in [3.8, 4) is 33.7 Å². The van der Waals surface area contributed by atoms with Crippen molar-refractivity contribution in [1.82, 2.24) is 19.7 Å². The van der Waals surface area contributed by atoms with Crippen molar-refractivity contribution in [2.75, 3.05) is 0 Å². The minimum absolute atomic E-state index is 0.128. The van der Waals surface area contributed by atoms with Crippen molar-refractivity contribution in [1.29, 1.82) is 0 Å². The summed E-state index contributed by atoms with van der Waals surface area (Å²) in [5.41, 5.74) is 3.73. The van der Waals surface area contributed by atoms with Gasteiger partial charge in [-0.15, -0.1) is 13.2 Å². The summed E-state index contributed by atoms with van der Waals surface area (Å²) < 4.78 is 52.0. The van der Waals surface area contributed by atoms with Crippen LogP contribution in [0.1, 0.15) is 53.2 Å². The van der Waals surface area contributed by atoms with E-state index in [2.05, 4.69) is 14.9 Å². The van der Waals surface area contributed by atoms with E-state index in [-0.39, 0.29) is 16.1 Å². The third-order valence-corrected chi connectivity index (χ3v) is 7.33.